The topological polar surface area (TPSA) is 59.1 Å². The number of thiazole rings is 1. The van der Waals surface area contributed by atoms with Crippen molar-refractivity contribution in [2.75, 3.05) is 6.54 Å². The lowest BCUT2D eigenvalue weighted by atomic mass is 10.1. The van der Waals surface area contributed by atoms with Crippen molar-refractivity contribution >= 4 is 33.0 Å². The minimum atomic E-state index is -3.53. The molecule has 0 amide bonds. The van der Waals surface area contributed by atoms with Crippen LogP contribution in [0.5, 0.6) is 0 Å². The monoisotopic (exact) mass is 420 g/mol. The van der Waals surface area contributed by atoms with Gasteiger partial charge in [0.15, 0.2) is 0 Å². The van der Waals surface area contributed by atoms with E-state index in [2.05, 4.69) is 9.71 Å². The van der Waals surface area contributed by atoms with Gasteiger partial charge in [0.25, 0.3) is 0 Å². The molecular weight excluding hydrogens is 400 g/mol. The van der Waals surface area contributed by atoms with Crippen LogP contribution in [0.25, 0.3) is 10.6 Å². The van der Waals surface area contributed by atoms with Gasteiger partial charge in [-0.1, -0.05) is 35.9 Å². The largest absolute Gasteiger partial charge is 0.241 e. The lowest BCUT2D eigenvalue weighted by Gasteiger charge is -2.10. The van der Waals surface area contributed by atoms with E-state index in [1.54, 1.807) is 23.5 Å². The predicted octanol–water partition coefficient (Wildman–Crippen LogP) is 4.91. The van der Waals surface area contributed by atoms with Crippen molar-refractivity contribution < 1.29 is 8.42 Å². The number of hydrogen-bond donors (Lipinski definition) is 1. The highest BCUT2D eigenvalue weighted by Gasteiger charge is 2.17. The fourth-order valence-electron chi connectivity index (χ4n) is 2.77. The van der Waals surface area contributed by atoms with Gasteiger partial charge in [-0.15, -0.1) is 11.3 Å². The number of nitrogens with one attached hydrogen (secondary N) is 1. The summed E-state index contributed by atoms with van der Waals surface area (Å²) in [5, 5.41) is 1.60. The number of sulfonamides is 1. The van der Waals surface area contributed by atoms with Crippen LogP contribution in [0.2, 0.25) is 5.02 Å². The number of aromatic nitrogens is 1. The molecule has 4 nitrogen and oxygen atoms in total. The van der Waals surface area contributed by atoms with E-state index >= 15 is 0 Å². The molecule has 27 heavy (non-hydrogen) atoms. The third-order valence-electron chi connectivity index (χ3n) is 4.47. The molecule has 0 saturated heterocycles. The molecule has 0 saturated carbocycles. The maximum absolute atomic E-state index is 12.6. The number of hydrogen-bond acceptors (Lipinski definition) is 4. The minimum Gasteiger partial charge on any atom is -0.241 e. The van der Waals surface area contributed by atoms with E-state index < -0.39 is 10.0 Å². The van der Waals surface area contributed by atoms with Gasteiger partial charge in [0, 0.05) is 22.0 Å². The lowest BCUT2D eigenvalue weighted by Crippen LogP contribution is -2.26. The molecule has 0 aliphatic carbocycles. The van der Waals surface area contributed by atoms with E-state index in [-0.39, 0.29) is 0 Å². The summed E-state index contributed by atoms with van der Waals surface area (Å²) in [4.78, 5) is 6.02. The van der Waals surface area contributed by atoms with Gasteiger partial charge in [-0.3, -0.25) is 0 Å². The summed E-state index contributed by atoms with van der Waals surface area (Å²) >= 11 is 7.52. The van der Waals surface area contributed by atoms with E-state index in [1.807, 2.05) is 51.1 Å². The quantitative estimate of drug-likeness (QED) is 0.616. The Labute approximate surface area is 169 Å². The average molecular weight is 421 g/mol. The Morgan fingerprint density at radius 3 is 2.48 bits per heavy atom. The van der Waals surface area contributed by atoms with E-state index in [4.69, 9.17) is 11.6 Å². The molecule has 0 bridgehead atoms. The van der Waals surface area contributed by atoms with Crippen molar-refractivity contribution in [2.24, 2.45) is 0 Å². The van der Waals surface area contributed by atoms with E-state index in [9.17, 15) is 8.42 Å². The van der Waals surface area contributed by atoms with Crippen molar-refractivity contribution in [3.63, 3.8) is 0 Å². The molecule has 7 heteroatoms. The first-order chi connectivity index (χ1) is 12.8. The van der Waals surface area contributed by atoms with Crippen LogP contribution in [0.15, 0.2) is 47.4 Å². The molecule has 0 aliphatic heterocycles. The van der Waals surface area contributed by atoms with Crippen LogP contribution in [0.1, 0.15) is 21.7 Å². The molecule has 2 aromatic carbocycles. The second-order valence-corrected chi connectivity index (χ2v) is 9.64. The Morgan fingerprint density at radius 2 is 1.78 bits per heavy atom. The molecule has 142 valence electrons. The Kier molecular flexibility index (Phi) is 6.01. The zero-order chi connectivity index (χ0) is 19.6. The summed E-state index contributed by atoms with van der Waals surface area (Å²) in [6.07, 6.45) is 0.598. The number of nitrogens with zero attached hydrogens (tertiary/aromatic N) is 1. The number of aryl methyl sites for hydroxylation is 2. The number of halogens is 1. The van der Waals surface area contributed by atoms with E-state index in [0.29, 0.717) is 22.9 Å². The summed E-state index contributed by atoms with van der Waals surface area (Å²) in [6, 6.07) is 12.9. The van der Waals surface area contributed by atoms with Gasteiger partial charge in [0.1, 0.15) is 5.01 Å². The van der Waals surface area contributed by atoms with Crippen LogP contribution < -0.4 is 4.72 Å². The second-order valence-electron chi connectivity index (χ2n) is 6.38. The van der Waals surface area contributed by atoms with Crippen LogP contribution >= 0.6 is 22.9 Å². The van der Waals surface area contributed by atoms with Crippen LogP contribution in [0, 0.1) is 20.8 Å². The first kappa shape index (κ1) is 20.0. The molecule has 0 aliphatic rings. The smallest absolute Gasteiger partial charge is 0.240 e. The summed E-state index contributed by atoms with van der Waals surface area (Å²) < 4.78 is 27.9. The van der Waals surface area contributed by atoms with Gasteiger partial charge in [-0.05, 0) is 56.5 Å². The van der Waals surface area contributed by atoms with Gasteiger partial charge in [-0.25, -0.2) is 18.1 Å². The Morgan fingerprint density at radius 1 is 1.07 bits per heavy atom. The molecule has 0 unspecified atom stereocenters. The highest BCUT2D eigenvalue weighted by Crippen LogP contribution is 2.29. The highest BCUT2D eigenvalue weighted by atomic mass is 35.5. The van der Waals surface area contributed by atoms with Crippen molar-refractivity contribution in [2.45, 2.75) is 32.1 Å². The summed E-state index contributed by atoms with van der Waals surface area (Å²) in [5.41, 5.74) is 3.68. The molecule has 1 heterocycles. The van der Waals surface area contributed by atoms with Crippen molar-refractivity contribution in [1.29, 1.82) is 0 Å². The van der Waals surface area contributed by atoms with Crippen molar-refractivity contribution in [1.82, 2.24) is 9.71 Å². The normalized spacial score (nSPS) is 11.7. The fraction of sp³-hybridized carbons (Fsp3) is 0.250. The summed E-state index contributed by atoms with van der Waals surface area (Å²) in [6.45, 7) is 6.02. The number of rotatable bonds is 6. The lowest BCUT2D eigenvalue weighted by molar-refractivity contribution is 0.581. The maximum atomic E-state index is 12.6. The predicted molar refractivity (Wildman–Crippen MR) is 112 cm³/mol. The molecule has 1 N–H and O–H groups in total. The van der Waals surface area contributed by atoms with Gasteiger partial charge >= 0.3 is 0 Å². The molecule has 3 rings (SSSR count). The standard InChI is InChI=1S/C20H21ClN2O2S2/c1-13-5-4-6-19(14(13)2)27(24,25)22-12-11-18-15(3)23-20(26-18)16-7-9-17(21)10-8-16/h4-10,22H,11-12H2,1-3H3. The fourth-order valence-corrected chi connectivity index (χ4v) is 5.31. The summed E-state index contributed by atoms with van der Waals surface area (Å²) in [5.74, 6) is 0. The average Bonchev–Trinajstić information content (AvgIpc) is 2.98. The maximum Gasteiger partial charge on any atom is 0.240 e. The van der Waals surface area contributed by atoms with Gasteiger partial charge < -0.3 is 0 Å². The van der Waals surface area contributed by atoms with Crippen molar-refractivity contribution in [3.05, 3.63) is 69.2 Å². The Hall–Kier alpha value is -1.73. The Bertz CT molecular complexity index is 1060. The first-order valence-corrected chi connectivity index (χ1v) is 11.2. The SMILES string of the molecule is Cc1cccc(S(=O)(=O)NCCc2sc(-c3ccc(Cl)cc3)nc2C)c1C. The first-order valence-electron chi connectivity index (χ1n) is 8.56. The molecule has 0 fully saturated rings. The third kappa shape index (κ3) is 4.58. The zero-order valence-electron chi connectivity index (χ0n) is 15.4. The van der Waals surface area contributed by atoms with Crippen molar-refractivity contribution in [3.8, 4) is 10.6 Å². The Balaban J connectivity index is 1.70. The molecule has 0 spiro atoms. The second kappa shape index (κ2) is 8.10. The van der Waals surface area contributed by atoms with E-state index in [0.717, 1.165) is 32.3 Å². The summed E-state index contributed by atoms with van der Waals surface area (Å²) in [7, 11) is -3.53. The molecule has 1 aromatic heterocycles. The van der Waals surface area contributed by atoms with Crippen LogP contribution in [-0.2, 0) is 16.4 Å². The highest BCUT2D eigenvalue weighted by molar-refractivity contribution is 7.89. The van der Waals surface area contributed by atoms with Gasteiger partial charge in [0.2, 0.25) is 10.0 Å². The van der Waals surface area contributed by atoms with Crippen LogP contribution in [0.4, 0.5) is 0 Å². The van der Waals surface area contributed by atoms with Crippen LogP contribution in [0.3, 0.4) is 0 Å². The number of benzene rings is 2. The van der Waals surface area contributed by atoms with Gasteiger partial charge in [0.05, 0.1) is 10.6 Å². The molecular formula is C20H21ClN2O2S2. The van der Waals surface area contributed by atoms with Gasteiger partial charge in [-0.2, -0.15) is 0 Å². The van der Waals surface area contributed by atoms with E-state index in [1.165, 1.54) is 0 Å². The zero-order valence-corrected chi connectivity index (χ0v) is 17.8. The van der Waals surface area contributed by atoms with Crippen LogP contribution in [-0.4, -0.2) is 19.9 Å². The molecule has 0 atom stereocenters. The molecule has 0 radical (unpaired) electrons. The third-order valence-corrected chi connectivity index (χ3v) is 7.60. The molecule has 3 aromatic rings. The minimum absolute atomic E-state index is 0.332.